The van der Waals surface area contributed by atoms with Crippen molar-refractivity contribution in [2.24, 2.45) is 15.9 Å². The molecule has 0 saturated carbocycles. The van der Waals surface area contributed by atoms with Crippen molar-refractivity contribution in [2.45, 2.75) is 38.1 Å². The Bertz CT molecular complexity index is 3320. The van der Waals surface area contributed by atoms with Crippen LogP contribution in [0.5, 0.6) is 0 Å². The summed E-state index contributed by atoms with van der Waals surface area (Å²) in [5, 5.41) is 4.97. The van der Waals surface area contributed by atoms with Crippen LogP contribution in [0.25, 0.3) is 60.3 Å². The van der Waals surface area contributed by atoms with Gasteiger partial charge >= 0.3 is 0 Å². The van der Waals surface area contributed by atoms with Gasteiger partial charge in [-0.05, 0) is 75.0 Å². The molecule has 0 saturated heterocycles. The summed E-state index contributed by atoms with van der Waals surface area (Å²) in [6, 6.07) is 69.1. The number of rotatable bonds is 6. The Kier molecular flexibility index (Phi) is 8.00. The van der Waals surface area contributed by atoms with Crippen LogP contribution in [0.4, 0.5) is 0 Å². The lowest BCUT2D eigenvalue weighted by Gasteiger charge is -2.35. The standard InChI is InChI=1S/C57H43N3/c1-3-39-54(37-22-9-5-10-23-37)58-57(59-55(39)38-24-11-6-12-25-38)47-34-46-41-26-15-17-32-48(41)60-49-33-18-16-29-44(49)53(56(46)60)52(47)45-31-19-30-40-35(2)50(36-20-7-4-8-21-36)42-27-13-14-28-43(42)51(40)45/h4-35,39,50,54H,3H2,1-2H3. The van der Waals surface area contributed by atoms with Gasteiger partial charge in [0.1, 0.15) is 0 Å². The summed E-state index contributed by atoms with van der Waals surface area (Å²) in [6.45, 7) is 4.70. The van der Waals surface area contributed by atoms with Crippen LogP contribution >= 0.6 is 0 Å². The van der Waals surface area contributed by atoms with Gasteiger partial charge in [-0.25, -0.2) is 4.99 Å². The number of para-hydroxylation sites is 2. The lowest BCUT2D eigenvalue weighted by molar-refractivity contribution is 0.532. The number of nitrogens with zero attached hydrogens (tertiary/aromatic N) is 3. The van der Waals surface area contributed by atoms with E-state index in [1.54, 1.807) is 0 Å². The van der Waals surface area contributed by atoms with Gasteiger partial charge in [0.2, 0.25) is 0 Å². The minimum absolute atomic E-state index is 0.0956. The second kappa shape index (κ2) is 13.7. The maximum atomic E-state index is 5.80. The smallest absolute Gasteiger partial charge is 0.156 e. The van der Waals surface area contributed by atoms with Crippen LogP contribution in [-0.2, 0) is 0 Å². The molecular weight excluding hydrogens is 727 g/mol. The van der Waals surface area contributed by atoms with Crippen LogP contribution in [0.3, 0.4) is 0 Å². The fraction of sp³-hybridized carbons (Fsp3) is 0.123. The van der Waals surface area contributed by atoms with Crippen molar-refractivity contribution in [3.63, 3.8) is 0 Å². The van der Waals surface area contributed by atoms with Gasteiger partial charge in [0.25, 0.3) is 0 Å². The Morgan fingerprint density at radius 2 is 1.12 bits per heavy atom. The SMILES string of the molecule is CCC1C(c2ccccc2)=NC(c2cc3c4ccccc4n4c5ccccc5c(c2-c2cccc5c2-c2ccccc2C(c2ccccc2)C5C)c34)=NC1c1ccccc1. The second-order valence-corrected chi connectivity index (χ2v) is 16.7. The van der Waals surface area contributed by atoms with Crippen molar-refractivity contribution in [3.05, 3.63) is 221 Å². The van der Waals surface area contributed by atoms with Gasteiger partial charge in [0.05, 0.1) is 28.3 Å². The molecule has 0 fully saturated rings. The van der Waals surface area contributed by atoms with Crippen molar-refractivity contribution in [3.8, 4) is 22.3 Å². The zero-order chi connectivity index (χ0) is 39.9. The van der Waals surface area contributed by atoms with E-state index in [-0.39, 0.29) is 23.8 Å². The van der Waals surface area contributed by atoms with Crippen molar-refractivity contribution in [2.75, 3.05) is 0 Å². The van der Waals surface area contributed by atoms with Crippen LogP contribution in [0.2, 0.25) is 0 Å². The third-order valence-corrected chi connectivity index (χ3v) is 13.6. The normalized spacial score (nSPS) is 18.8. The molecule has 3 heterocycles. The van der Waals surface area contributed by atoms with Crippen LogP contribution in [-0.4, -0.2) is 15.9 Å². The van der Waals surface area contributed by atoms with Gasteiger partial charge in [0, 0.05) is 44.5 Å². The highest BCUT2D eigenvalue weighted by Gasteiger charge is 2.37. The second-order valence-electron chi connectivity index (χ2n) is 16.7. The molecule has 3 heteroatoms. The summed E-state index contributed by atoms with van der Waals surface area (Å²) in [5.41, 5.74) is 17.4. The Morgan fingerprint density at radius 3 is 1.87 bits per heavy atom. The Morgan fingerprint density at radius 1 is 0.517 bits per heavy atom. The summed E-state index contributed by atoms with van der Waals surface area (Å²) in [6.07, 6.45) is 0.922. The Balaban J connectivity index is 1.24. The molecule has 2 aromatic heterocycles. The van der Waals surface area contributed by atoms with E-state index in [9.17, 15) is 0 Å². The number of hydrogen-bond acceptors (Lipinski definition) is 2. The molecule has 286 valence electrons. The summed E-state index contributed by atoms with van der Waals surface area (Å²) in [4.78, 5) is 11.5. The van der Waals surface area contributed by atoms with E-state index in [4.69, 9.17) is 9.98 Å². The molecule has 3 nitrogen and oxygen atoms in total. The highest BCUT2D eigenvalue weighted by atomic mass is 15.0. The molecule has 12 rings (SSSR count). The molecule has 0 N–H and O–H groups in total. The van der Waals surface area contributed by atoms with Gasteiger partial charge < -0.3 is 4.40 Å². The van der Waals surface area contributed by atoms with E-state index in [0.29, 0.717) is 0 Å². The number of benzene rings is 8. The number of amidine groups is 1. The molecular formula is C57H43N3. The first kappa shape index (κ1) is 34.9. The average Bonchev–Trinajstić information content (AvgIpc) is 3.84. The fourth-order valence-electron chi connectivity index (χ4n) is 11.0. The zero-order valence-corrected chi connectivity index (χ0v) is 33.8. The lowest BCUT2D eigenvalue weighted by Crippen LogP contribution is -2.28. The molecule has 1 aliphatic heterocycles. The zero-order valence-electron chi connectivity index (χ0n) is 33.8. The molecule has 10 aromatic rings. The molecule has 60 heavy (non-hydrogen) atoms. The van der Waals surface area contributed by atoms with E-state index in [1.165, 1.54) is 82.6 Å². The van der Waals surface area contributed by atoms with E-state index in [1.807, 2.05) is 0 Å². The number of aliphatic imine (C=N–C) groups is 2. The van der Waals surface area contributed by atoms with Crippen molar-refractivity contribution in [1.29, 1.82) is 0 Å². The molecule has 2 aliphatic rings. The van der Waals surface area contributed by atoms with E-state index in [0.717, 1.165) is 29.1 Å². The summed E-state index contributed by atoms with van der Waals surface area (Å²) in [5.74, 6) is 1.40. The number of aromatic nitrogens is 1. The fourth-order valence-corrected chi connectivity index (χ4v) is 11.0. The molecule has 0 radical (unpaired) electrons. The van der Waals surface area contributed by atoms with Crippen LogP contribution in [0.1, 0.15) is 71.5 Å². The molecule has 0 amide bonds. The number of hydrogen-bond donors (Lipinski definition) is 0. The van der Waals surface area contributed by atoms with E-state index < -0.39 is 0 Å². The van der Waals surface area contributed by atoms with Gasteiger partial charge in [0.15, 0.2) is 5.84 Å². The van der Waals surface area contributed by atoms with Crippen LogP contribution in [0, 0.1) is 5.92 Å². The molecule has 1 aliphatic carbocycles. The van der Waals surface area contributed by atoms with E-state index >= 15 is 0 Å². The average molecular weight is 770 g/mol. The Labute approximate surface area is 350 Å². The van der Waals surface area contributed by atoms with Gasteiger partial charge in [-0.15, -0.1) is 0 Å². The highest BCUT2D eigenvalue weighted by Crippen LogP contribution is 2.55. The summed E-state index contributed by atoms with van der Waals surface area (Å²) >= 11 is 0. The lowest BCUT2D eigenvalue weighted by atomic mass is 9.68. The first-order chi connectivity index (χ1) is 29.7. The quantitative estimate of drug-likeness (QED) is 0.161. The van der Waals surface area contributed by atoms with Gasteiger partial charge in [-0.1, -0.05) is 184 Å². The third kappa shape index (κ3) is 5.08. The van der Waals surface area contributed by atoms with Gasteiger partial charge in [-0.3, -0.25) is 4.99 Å². The maximum absolute atomic E-state index is 5.80. The minimum atomic E-state index is -0.0956. The number of fused-ring (bicyclic) bond motifs is 9. The maximum Gasteiger partial charge on any atom is 0.156 e. The molecule has 0 bridgehead atoms. The predicted molar refractivity (Wildman–Crippen MR) is 251 cm³/mol. The first-order valence-electron chi connectivity index (χ1n) is 21.4. The molecule has 4 atom stereocenters. The molecule has 0 spiro atoms. The third-order valence-electron chi connectivity index (χ3n) is 13.6. The topological polar surface area (TPSA) is 29.1 Å². The van der Waals surface area contributed by atoms with E-state index in [2.05, 4.69) is 206 Å². The minimum Gasteiger partial charge on any atom is -0.308 e. The Hall–Kier alpha value is -7.10. The van der Waals surface area contributed by atoms with Crippen molar-refractivity contribution >= 4 is 49.6 Å². The predicted octanol–water partition coefficient (Wildman–Crippen LogP) is 14.4. The van der Waals surface area contributed by atoms with Crippen LogP contribution < -0.4 is 0 Å². The first-order valence-corrected chi connectivity index (χ1v) is 21.4. The van der Waals surface area contributed by atoms with Crippen molar-refractivity contribution < 1.29 is 0 Å². The highest BCUT2D eigenvalue weighted by molar-refractivity contribution is 6.31. The molecule has 8 aromatic carbocycles. The van der Waals surface area contributed by atoms with Crippen LogP contribution in [0.15, 0.2) is 198 Å². The monoisotopic (exact) mass is 769 g/mol. The molecule has 4 unspecified atom stereocenters. The van der Waals surface area contributed by atoms with Gasteiger partial charge in [-0.2, -0.15) is 0 Å². The summed E-state index contributed by atoms with van der Waals surface area (Å²) < 4.78 is 2.50. The summed E-state index contributed by atoms with van der Waals surface area (Å²) in [7, 11) is 0. The largest absolute Gasteiger partial charge is 0.308 e. The van der Waals surface area contributed by atoms with Crippen molar-refractivity contribution in [1.82, 2.24) is 4.40 Å².